The monoisotopic (exact) mass is 313 g/mol. The fourth-order valence-corrected chi connectivity index (χ4v) is 1.56. The molecule has 0 saturated heterocycles. The van der Waals surface area contributed by atoms with E-state index in [-0.39, 0.29) is 0 Å². The Morgan fingerprint density at radius 1 is 1.10 bits per heavy atom. The van der Waals surface area contributed by atoms with Gasteiger partial charge in [-0.2, -0.15) is 0 Å². The van der Waals surface area contributed by atoms with Gasteiger partial charge in [0.2, 0.25) is 0 Å². The van der Waals surface area contributed by atoms with Crippen molar-refractivity contribution in [2.24, 2.45) is 0 Å². The van der Waals surface area contributed by atoms with Gasteiger partial charge in [0.1, 0.15) is 6.61 Å². The van der Waals surface area contributed by atoms with Gasteiger partial charge in [0, 0.05) is 6.54 Å². The van der Waals surface area contributed by atoms with E-state index in [0.29, 0.717) is 18.7 Å². The molecule has 120 valence electrons. The number of hydrogen-bond donors (Lipinski definition) is 1. The summed E-state index contributed by atoms with van der Waals surface area (Å²) in [5.74, 6) is -2.63. The molecule has 1 N–H and O–H groups in total. The van der Waals surface area contributed by atoms with E-state index >= 15 is 0 Å². The zero-order valence-corrected chi connectivity index (χ0v) is 11.4. The van der Waals surface area contributed by atoms with Gasteiger partial charge >= 0.3 is 6.36 Å². The molecule has 0 fully saturated rings. The summed E-state index contributed by atoms with van der Waals surface area (Å²) in [5.41, 5.74) is 0.386. The quantitative estimate of drug-likeness (QED) is 0.589. The molecular formula is C13H16F5NO2. The number of halogens is 5. The molecule has 0 amide bonds. The molecule has 0 aliphatic rings. The van der Waals surface area contributed by atoms with Crippen molar-refractivity contribution in [2.45, 2.75) is 26.3 Å². The third-order valence-corrected chi connectivity index (χ3v) is 2.41. The number of rotatable bonds is 8. The smallest absolute Gasteiger partial charge is 0.485 e. The van der Waals surface area contributed by atoms with Gasteiger partial charge in [0.05, 0.1) is 6.61 Å². The summed E-state index contributed by atoms with van der Waals surface area (Å²) in [5, 5.41) is 2.98. The lowest BCUT2D eigenvalue weighted by Gasteiger charge is -2.11. The summed E-state index contributed by atoms with van der Waals surface area (Å²) in [6, 6.07) is 2.15. The average molecular weight is 313 g/mol. The third kappa shape index (κ3) is 6.72. The minimum atomic E-state index is -4.80. The minimum absolute atomic E-state index is 0.291. The van der Waals surface area contributed by atoms with Crippen molar-refractivity contribution in [3.05, 3.63) is 29.3 Å². The summed E-state index contributed by atoms with van der Waals surface area (Å²) in [6.07, 6.45) is -3.92. The molecule has 0 aliphatic carbocycles. The highest BCUT2D eigenvalue weighted by Crippen LogP contribution is 2.23. The van der Waals surface area contributed by atoms with E-state index in [9.17, 15) is 22.0 Å². The predicted octanol–water partition coefficient (Wildman–Crippen LogP) is 3.38. The van der Waals surface area contributed by atoms with E-state index in [1.165, 1.54) is 0 Å². The summed E-state index contributed by atoms with van der Waals surface area (Å²) < 4.78 is 70.5. The van der Waals surface area contributed by atoms with Crippen LogP contribution in [0.2, 0.25) is 0 Å². The Hall–Kier alpha value is -1.41. The van der Waals surface area contributed by atoms with Crippen LogP contribution >= 0.6 is 0 Å². The number of hydrogen-bond acceptors (Lipinski definition) is 3. The highest BCUT2D eigenvalue weighted by Gasteiger charge is 2.28. The van der Waals surface area contributed by atoms with Crippen molar-refractivity contribution in [3.63, 3.8) is 0 Å². The minimum Gasteiger partial charge on any atom is -0.485 e. The molecule has 21 heavy (non-hydrogen) atoms. The molecule has 8 heteroatoms. The molecule has 3 nitrogen and oxygen atoms in total. The Kier molecular flexibility index (Phi) is 6.83. The van der Waals surface area contributed by atoms with Crippen LogP contribution in [0, 0.1) is 11.6 Å². The van der Waals surface area contributed by atoms with Crippen LogP contribution in [0.3, 0.4) is 0 Å². The van der Waals surface area contributed by atoms with E-state index in [0.717, 1.165) is 18.6 Å². The molecule has 0 spiro atoms. The predicted molar refractivity (Wildman–Crippen MR) is 65.9 cm³/mol. The van der Waals surface area contributed by atoms with Crippen LogP contribution in [0.15, 0.2) is 12.1 Å². The van der Waals surface area contributed by atoms with E-state index in [1.54, 1.807) is 0 Å². The standard InChI is InChI=1S/C13H16F5NO2/c1-2-3-19-8-9-6-10(14)12(11(15)7-9)20-4-5-21-13(16,17)18/h6-7,19H,2-5,8H2,1H3. The van der Waals surface area contributed by atoms with Gasteiger partial charge in [-0.25, -0.2) is 8.78 Å². The van der Waals surface area contributed by atoms with Crippen molar-refractivity contribution in [2.75, 3.05) is 19.8 Å². The Morgan fingerprint density at radius 2 is 1.71 bits per heavy atom. The van der Waals surface area contributed by atoms with E-state index in [4.69, 9.17) is 0 Å². The van der Waals surface area contributed by atoms with Gasteiger partial charge < -0.3 is 10.1 Å². The first-order valence-corrected chi connectivity index (χ1v) is 6.35. The third-order valence-electron chi connectivity index (χ3n) is 2.41. The van der Waals surface area contributed by atoms with Gasteiger partial charge in [-0.3, -0.25) is 4.74 Å². The van der Waals surface area contributed by atoms with E-state index in [1.807, 2.05) is 6.92 Å². The lowest BCUT2D eigenvalue weighted by molar-refractivity contribution is -0.325. The van der Waals surface area contributed by atoms with Crippen molar-refractivity contribution in [1.82, 2.24) is 5.32 Å². The molecule has 0 unspecified atom stereocenters. The second kappa shape index (κ2) is 8.14. The van der Waals surface area contributed by atoms with Crippen molar-refractivity contribution < 1.29 is 31.4 Å². The Labute approximate surface area is 119 Å². The maximum Gasteiger partial charge on any atom is 0.522 e. The van der Waals surface area contributed by atoms with Crippen LogP contribution in [-0.4, -0.2) is 26.1 Å². The first-order valence-electron chi connectivity index (χ1n) is 6.35. The van der Waals surface area contributed by atoms with Crippen molar-refractivity contribution in [1.29, 1.82) is 0 Å². The summed E-state index contributed by atoms with van der Waals surface area (Å²) in [7, 11) is 0. The molecule has 1 aromatic rings. The molecule has 0 heterocycles. The molecule has 1 rings (SSSR count). The van der Waals surface area contributed by atoms with E-state index in [2.05, 4.69) is 14.8 Å². The highest BCUT2D eigenvalue weighted by atomic mass is 19.4. The lowest BCUT2D eigenvalue weighted by Crippen LogP contribution is -2.19. The molecular weight excluding hydrogens is 297 g/mol. The second-order valence-electron chi connectivity index (χ2n) is 4.21. The Bertz CT molecular complexity index is 428. The SMILES string of the molecule is CCCNCc1cc(F)c(OCCOC(F)(F)F)c(F)c1. The molecule has 0 saturated carbocycles. The number of alkyl halides is 3. The van der Waals surface area contributed by atoms with Gasteiger partial charge in [-0.1, -0.05) is 6.92 Å². The van der Waals surface area contributed by atoms with Crippen LogP contribution in [0.5, 0.6) is 5.75 Å². The largest absolute Gasteiger partial charge is 0.522 e. The first kappa shape index (κ1) is 17.6. The molecule has 0 aliphatic heterocycles. The zero-order chi connectivity index (χ0) is 15.9. The van der Waals surface area contributed by atoms with Crippen LogP contribution < -0.4 is 10.1 Å². The Morgan fingerprint density at radius 3 is 2.24 bits per heavy atom. The fraction of sp³-hybridized carbons (Fsp3) is 0.538. The molecule has 0 radical (unpaired) electrons. The molecule has 0 aromatic heterocycles. The fourth-order valence-electron chi connectivity index (χ4n) is 1.56. The number of ether oxygens (including phenoxy) is 2. The topological polar surface area (TPSA) is 30.5 Å². The van der Waals surface area contributed by atoms with Gasteiger partial charge in [-0.15, -0.1) is 13.2 Å². The lowest BCUT2D eigenvalue weighted by atomic mass is 10.2. The maximum atomic E-state index is 13.6. The average Bonchev–Trinajstić information content (AvgIpc) is 2.36. The number of nitrogens with one attached hydrogen (secondary N) is 1. The first-order chi connectivity index (χ1) is 9.83. The Balaban J connectivity index is 2.55. The molecule has 0 atom stereocenters. The summed E-state index contributed by atoms with van der Waals surface area (Å²) in [6.45, 7) is 1.49. The van der Waals surface area contributed by atoms with Gasteiger partial charge in [0.15, 0.2) is 17.4 Å². The normalized spacial score (nSPS) is 11.7. The van der Waals surface area contributed by atoms with Crippen LogP contribution in [-0.2, 0) is 11.3 Å². The van der Waals surface area contributed by atoms with Crippen LogP contribution in [0.1, 0.15) is 18.9 Å². The van der Waals surface area contributed by atoms with Crippen molar-refractivity contribution in [3.8, 4) is 5.75 Å². The van der Waals surface area contributed by atoms with Crippen LogP contribution in [0.25, 0.3) is 0 Å². The van der Waals surface area contributed by atoms with Gasteiger partial charge in [-0.05, 0) is 30.7 Å². The van der Waals surface area contributed by atoms with Crippen LogP contribution in [0.4, 0.5) is 22.0 Å². The maximum absolute atomic E-state index is 13.6. The zero-order valence-electron chi connectivity index (χ0n) is 11.4. The highest BCUT2D eigenvalue weighted by molar-refractivity contribution is 5.31. The molecule has 1 aromatic carbocycles. The molecule has 0 bridgehead atoms. The van der Waals surface area contributed by atoms with Crippen molar-refractivity contribution >= 4 is 0 Å². The summed E-state index contributed by atoms with van der Waals surface area (Å²) >= 11 is 0. The van der Waals surface area contributed by atoms with E-state index < -0.39 is 37.0 Å². The van der Waals surface area contributed by atoms with Gasteiger partial charge in [0.25, 0.3) is 0 Å². The summed E-state index contributed by atoms with van der Waals surface area (Å²) in [4.78, 5) is 0. The second-order valence-corrected chi connectivity index (χ2v) is 4.21. The number of benzene rings is 1.